The van der Waals surface area contributed by atoms with E-state index in [-0.39, 0.29) is 0 Å². The van der Waals surface area contributed by atoms with E-state index in [9.17, 15) is 0 Å². The Morgan fingerprint density at radius 1 is 0.357 bits per heavy atom. The number of para-hydroxylation sites is 3. The summed E-state index contributed by atoms with van der Waals surface area (Å²) in [5.74, 6) is 0. The van der Waals surface area contributed by atoms with Gasteiger partial charge in [-0.05, 0) is 91.7 Å². The van der Waals surface area contributed by atoms with Gasteiger partial charge in [-0.1, -0.05) is 152 Å². The van der Waals surface area contributed by atoms with Gasteiger partial charge in [-0.3, -0.25) is 0 Å². The zero-order chi connectivity index (χ0) is 36.5. The molecule has 2 aromatic heterocycles. The Kier molecular flexibility index (Phi) is 5.83. The van der Waals surface area contributed by atoms with E-state index in [1.54, 1.807) is 0 Å². The van der Waals surface area contributed by atoms with Crippen LogP contribution >= 0.6 is 0 Å². The van der Waals surface area contributed by atoms with E-state index in [4.69, 9.17) is 8.83 Å². The molecule has 0 aliphatic heterocycles. The molecule has 3 heteroatoms. The van der Waals surface area contributed by atoms with Crippen LogP contribution in [0.25, 0.3) is 76.9 Å². The van der Waals surface area contributed by atoms with Crippen LogP contribution in [0.2, 0.25) is 0 Å². The molecule has 0 radical (unpaired) electrons. The number of hydrogen-bond acceptors (Lipinski definition) is 3. The normalized spacial score (nSPS) is 13.5. The summed E-state index contributed by atoms with van der Waals surface area (Å²) in [5.41, 5.74) is 16.2. The summed E-state index contributed by atoms with van der Waals surface area (Å²) in [5, 5.41) is 6.70. The standard InChI is InChI=1S/C53H31NO2/c1-2-15-34-32(14-1)30-47(52-50(34)41-20-7-12-27-49(41)56-52)54(46-25-13-21-40-39-19-6-11-26-48(39)55-51(40)46)33-28-29-38-37-18-5-10-24-44(37)53(45(38)31-33)42-22-8-3-16-35(42)36-17-4-9-23-43(36)53/h1-31H. The molecule has 260 valence electrons. The second-order valence-electron chi connectivity index (χ2n) is 15.1. The van der Waals surface area contributed by atoms with Gasteiger partial charge in [0, 0.05) is 27.2 Å². The van der Waals surface area contributed by atoms with Crippen LogP contribution in [-0.4, -0.2) is 0 Å². The van der Waals surface area contributed by atoms with Crippen LogP contribution in [0.15, 0.2) is 197 Å². The zero-order valence-electron chi connectivity index (χ0n) is 30.2. The Bertz CT molecular complexity index is 3390. The van der Waals surface area contributed by atoms with Gasteiger partial charge in [0.2, 0.25) is 0 Å². The molecule has 0 bridgehead atoms. The molecule has 0 N–H and O–H groups in total. The van der Waals surface area contributed by atoms with Crippen molar-refractivity contribution in [1.29, 1.82) is 0 Å². The highest BCUT2D eigenvalue weighted by Gasteiger charge is 2.51. The van der Waals surface area contributed by atoms with Gasteiger partial charge in [0.1, 0.15) is 11.2 Å². The summed E-state index contributed by atoms with van der Waals surface area (Å²) < 4.78 is 13.8. The Morgan fingerprint density at radius 3 is 1.61 bits per heavy atom. The molecule has 0 unspecified atom stereocenters. The number of fused-ring (bicyclic) bond motifs is 18. The number of furan rings is 2. The molecular formula is C53H31NO2. The highest BCUT2D eigenvalue weighted by atomic mass is 16.3. The van der Waals surface area contributed by atoms with E-state index in [1.165, 1.54) is 49.9 Å². The van der Waals surface area contributed by atoms with Gasteiger partial charge in [0.15, 0.2) is 11.2 Å². The van der Waals surface area contributed by atoms with Crippen molar-refractivity contribution >= 4 is 71.7 Å². The predicted molar refractivity (Wildman–Crippen MR) is 229 cm³/mol. The molecule has 56 heavy (non-hydrogen) atoms. The highest BCUT2D eigenvalue weighted by Crippen LogP contribution is 2.63. The monoisotopic (exact) mass is 713 g/mol. The molecule has 2 aliphatic carbocycles. The Morgan fingerprint density at radius 2 is 0.893 bits per heavy atom. The lowest BCUT2D eigenvalue weighted by atomic mass is 9.70. The van der Waals surface area contributed by atoms with Crippen molar-refractivity contribution in [3.05, 3.63) is 210 Å². The lowest BCUT2D eigenvalue weighted by Gasteiger charge is -2.32. The molecule has 0 fully saturated rings. The van der Waals surface area contributed by atoms with Crippen LogP contribution in [0.1, 0.15) is 22.3 Å². The summed E-state index contributed by atoms with van der Waals surface area (Å²) in [6.45, 7) is 0. The van der Waals surface area contributed by atoms with Crippen LogP contribution in [0.3, 0.4) is 0 Å². The molecular weight excluding hydrogens is 683 g/mol. The van der Waals surface area contributed by atoms with Crippen molar-refractivity contribution in [2.45, 2.75) is 5.41 Å². The summed E-state index contributed by atoms with van der Waals surface area (Å²) in [6.07, 6.45) is 0. The molecule has 0 atom stereocenters. The van der Waals surface area contributed by atoms with E-state index >= 15 is 0 Å². The summed E-state index contributed by atoms with van der Waals surface area (Å²) in [7, 11) is 0. The fourth-order valence-corrected chi connectivity index (χ4v) is 10.3. The first kappa shape index (κ1) is 30.0. The minimum absolute atomic E-state index is 0.482. The van der Waals surface area contributed by atoms with Crippen LogP contribution in [0, 0.1) is 0 Å². The van der Waals surface area contributed by atoms with Gasteiger partial charge in [-0.15, -0.1) is 0 Å². The fraction of sp³-hybridized carbons (Fsp3) is 0.0189. The average Bonchev–Trinajstić information content (AvgIpc) is 4.00. The van der Waals surface area contributed by atoms with Gasteiger partial charge in [-0.25, -0.2) is 0 Å². The summed E-state index contributed by atoms with van der Waals surface area (Å²) in [6, 6.07) is 68.2. The number of hydrogen-bond donors (Lipinski definition) is 0. The van der Waals surface area contributed by atoms with E-state index in [1.807, 2.05) is 12.1 Å². The quantitative estimate of drug-likeness (QED) is 0.183. The van der Waals surface area contributed by atoms with Crippen LogP contribution in [-0.2, 0) is 5.41 Å². The zero-order valence-corrected chi connectivity index (χ0v) is 30.2. The van der Waals surface area contributed by atoms with Crippen LogP contribution in [0.4, 0.5) is 17.1 Å². The van der Waals surface area contributed by atoms with Crippen LogP contribution < -0.4 is 4.90 Å². The maximum Gasteiger partial charge on any atom is 0.160 e. The topological polar surface area (TPSA) is 29.5 Å². The second kappa shape index (κ2) is 10.9. The SMILES string of the molecule is c1ccc2c(c1)-c1ccccc1C21c2ccccc2-c2ccc(N(c3cccc4c3oc3ccccc34)c3cc4ccccc4c4c3oc3ccccc34)cc21. The molecule has 0 amide bonds. The largest absolute Gasteiger partial charge is 0.454 e. The van der Waals surface area contributed by atoms with E-state index in [0.717, 1.165) is 66.3 Å². The second-order valence-corrected chi connectivity index (χ2v) is 15.1. The lowest BCUT2D eigenvalue weighted by molar-refractivity contribution is 0.666. The Balaban J connectivity index is 1.17. The van der Waals surface area contributed by atoms with Crippen molar-refractivity contribution in [2.75, 3.05) is 4.90 Å². The van der Waals surface area contributed by atoms with Crippen LogP contribution in [0.5, 0.6) is 0 Å². The fourth-order valence-electron chi connectivity index (χ4n) is 10.3. The predicted octanol–water partition coefficient (Wildman–Crippen LogP) is 14.5. The van der Waals surface area contributed by atoms with Crippen molar-refractivity contribution in [3.8, 4) is 22.3 Å². The van der Waals surface area contributed by atoms with Gasteiger partial charge in [-0.2, -0.15) is 0 Å². The third-order valence-electron chi connectivity index (χ3n) is 12.5. The van der Waals surface area contributed by atoms with Gasteiger partial charge in [0.05, 0.1) is 16.8 Å². The first-order chi connectivity index (χ1) is 27.8. The van der Waals surface area contributed by atoms with Crippen molar-refractivity contribution in [3.63, 3.8) is 0 Å². The molecule has 0 saturated heterocycles. The Hall–Kier alpha value is -7.36. The molecule has 1 spiro atoms. The smallest absolute Gasteiger partial charge is 0.160 e. The third-order valence-corrected chi connectivity index (χ3v) is 12.5. The van der Waals surface area contributed by atoms with Gasteiger partial charge in [0.25, 0.3) is 0 Å². The van der Waals surface area contributed by atoms with Crippen molar-refractivity contribution < 1.29 is 8.83 Å². The first-order valence-electron chi connectivity index (χ1n) is 19.3. The Labute approximate surface area is 322 Å². The first-order valence-corrected chi connectivity index (χ1v) is 19.3. The van der Waals surface area contributed by atoms with E-state index in [2.05, 4.69) is 181 Å². The molecule has 2 heterocycles. The minimum Gasteiger partial charge on any atom is -0.454 e. The molecule has 2 aliphatic rings. The maximum atomic E-state index is 6.94. The van der Waals surface area contributed by atoms with E-state index in [0.29, 0.717) is 0 Å². The number of benzene rings is 9. The van der Waals surface area contributed by atoms with Crippen molar-refractivity contribution in [2.24, 2.45) is 0 Å². The lowest BCUT2D eigenvalue weighted by Crippen LogP contribution is -2.26. The highest BCUT2D eigenvalue weighted by molar-refractivity contribution is 6.23. The minimum atomic E-state index is -0.482. The van der Waals surface area contributed by atoms with Gasteiger partial charge >= 0.3 is 0 Å². The van der Waals surface area contributed by atoms with Crippen molar-refractivity contribution in [1.82, 2.24) is 0 Å². The molecule has 0 saturated carbocycles. The summed E-state index contributed by atoms with van der Waals surface area (Å²) >= 11 is 0. The molecule has 11 aromatic rings. The van der Waals surface area contributed by atoms with E-state index < -0.39 is 5.41 Å². The summed E-state index contributed by atoms with van der Waals surface area (Å²) in [4.78, 5) is 2.38. The maximum absolute atomic E-state index is 6.94. The number of rotatable bonds is 3. The van der Waals surface area contributed by atoms with Gasteiger partial charge < -0.3 is 13.7 Å². The molecule has 3 nitrogen and oxygen atoms in total. The molecule has 13 rings (SSSR count). The molecule has 9 aromatic carbocycles. The average molecular weight is 714 g/mol. The number of anilines is 3. The number of nitrogens with zero attached hydrogens (tertiary/aromatic N) is 1. The third kappa shape index (κ3) is 3.72.